The molecule has 1 heterocycles. The van der Waals surface area contributed by atoms with Crippen LogP contribution in [0.1, 0.15) is 6.42 Å². The van der Waals surface area contributed by atoms with Gasteiger partial charge in [-0.05, 0) is 6.07 Å². The number of hydrogen-bond donors (Lipinski definition) is 3. The van der Waals surface area contributed by atoms with E-state index in [4.69, 9.17) is 5.11 Å². The van der Waals surface area contributed by atoms with Crippen molar-refractivity contribution in [3.8, 4) is 0 Å². The summed E-state index contributed by atoms with van der Waals surface area (Å²) in [5.41, 5.74) is 0.883. The van der Waals surface area contributed by atoms with E-state index in [9.17, 15) is 10.1 Å². The lowest BCUT2D eigenvalue weighted by molar-refractivity contribution is -0.385. The van der Waals surface area contributed by atoms with E-state index in [-0.39, 0.29) is 12.3 Å². The fourth-order valence-corrected chi connectivity index (χ4v) is 3.14. The van der Waals surface area contributed by atoms with Gasteiger partial charge in [0, 0.05) is 30.1 Å². The van der Waals surface area contributed by atoms with Crippen molar-refractivity contribution in [1.29, 1.82) is 0 Å². The molecule has 1 unspecified atom stereocenters. The maximum absolute atomic E-state index is 10.6. The number of rotatable bonds is 3. The zero-order chi connectivity index (χ0) is 11.8. The Kier molecular flexibility index (Phi) is 3.00. The Morgan fingerprint density at radius 2 is 2.38 bits per heavy atom. The normalized spacial score (nSPS) is 22.6. The van der Waals surface area contributed by atoms with Gasteiger partial charge in [0.2, 0.25) is 0 Å². The minimum absolute atomic E-state index is 0.0135. The molecule has 0 radical (unpaired) electrons. The number of benzene rings is 1. The highest BCUT2D eigenvalue weighted by Crippen LogP contribution is 2.49. The molecular weight excluding hydrogens is 248 g/mol. The second-order valence-corrected chi connectivity index (χ2v) is 5.83. The minimum Gasteiger partial charge on any atom is -0.396 e. The van der Waals surface area contributed by atoms with Gasteiger partial charge >= 0.3 is 0 Å². The van der Waals surface area contributed by atoms with Crippen molar-refractivity contribution in [3.05, 3.63) is 28.3 Å². The molecule has 0 spiro atoms. The first-order valence-electron chi connectivity index (χ1n) is 4.63. The van der Waals surface area contributed by atoms with Crippen LogP contribution in [0.4, 0.5) is 11.4 Å². The lowest BCUT2D eigenvalue weighted by atomic mass is 10.3. The van der Waals surface area contributed by atoms with Crippen LogP contribution in [0, 0.1) is 10.1 Å². The van der Waals surface area contributed by atoms with Crippen molar-refractivity contribution in [2.24, 2.45) is 0 Å². The first kappa shape index (κ1) is 11.6. The third-order valence-electron chi connectivity index (χ3n) is 2.24. The summed E-state index contributed by atoms with van der Waals surface area (Å²) in [5.74, 6) is 0. The van der Waals surface area contributed by atoms with Crippen molar-refractivity contribution >= 4 is 35.8 Å². The van der Waals surface area contributed by atoms with E-state index in [2.05, 4.69) is 17.9 Å². The van der Waals surface area contributed by atoms with E-state index in [0.717, 1.165) is 10.6 Å². The average molecular weight is 258 g/mol. The van der Waals surface area contributed by atoms with Crippen molar-refractivity contribution in [2.75, 3.05) is 11.9 Å². The third-order valence-corrected chi connectivity index (χ3v) is 4.05. The summed E-state index contributed by atoms with van der Waals surface area (Å²) in [6, 6.07) is 4.63. The number of hydrogen-bond acceptors (Lipinski definition) is 6. The van der Waals surface area contributed by atoms with Gasteiger partial charge in [0.15, 0.2) is 0 Å². The fraction of sp³-hybridized carbons (Fsp3) is 0.333. The van der Waals surface area contributed by atoms with Crippen LogP contribution in [0.3, 0.4) is 0 Å². The molecule has 0 bridgehead atoms. The summed E-state index contributed by atoms with van der Waals surface area (Å²) in [6.45, 7) is 0.0135. The van der Waals surface area contributed by atoms with Gasteiger partial charge < -0.3 is 10.4 Å². The SMILES string of the molecule is O=[N+]([O-])c1ccc2c(c1)SC(S)(CCO)N2. The molecule has 5 nitrogen and oxygen atoms in total. The van der Waals surface area contributed by atoms with Crippen LogP contribution in [-0.4, -0.2) is 20.8 Å². The summed E-state index contributed by atoms with van der Waals surface area (Å²) in [4.78, 5) is 11.0. The smallest absolute Gasteiger partial charge is 0.270 e. The Balaban J connectivity index is 2.27. The van der Waals surface area contributed by atoms with Gasteiger partial charge in [0.25, 0.3) is 5.69 Å². The second-order valence-electron chi connectivity index (χ2n) is 3.42. The Bertz CT molecular complexity index is 441. The molecule has 0 saturated carbocycles. The molecule has 0 saturated heterocycles. The van der Waals surface area contributed by atoms with Gasteiger partial charge in [-0.15, -0.1) is 12.6 Å². The molecule has 86 valence electrons. The van der Waals surface area contributed by atoms with Crippen LogP contribution < -0.4 is 5.32 Å². The number of aliphatic hydroxyl groups excluding tert-OH is 1. The van der Waals surface area contributed by atoms with Gasteiger partial charge in [0.1, 0.15) is 4.20 Å². The first-order valence-corrected chi connectivity index (χ1v) is 5.89. The molecule has 0 aromatic heterocycles. The van der Waals surface area contributed by atoms with E-state index < -0.39 is 9.13 Å². The number of non-ortho nitro benzene ring substituents is 1. The maximum atomic E-state index is 10.6. The molecule has 0 amide bonds. The molecule has 16 heavy (non-hydrogen) atoms. The Labute approximate surface area is 102 Å². The minimum atomic E-state index is -0.577. The molecule has 2 N–H and O–H groups in total. The van der Waals surface area contributed by atoms with Gasteiger partial charge in [-0.25, -0.2) is 0 Å². The Hall–Kier alpha value is -0.920. The van der Waals surface area contributed by atoms with Gasteiger partial charge in [0.05, 0.1) is 10.6 Å². The van der Waals surface area contributed by atoms with Crippen molar-refractivity contribution in [1.82, 2.24) is 0 Å². The summed E-state index contributed by atoms with van der Waals surface area (Å²) in [7, 11) is 0. The number of nitrogens with zero attached hydrogens (tertiary/aromatic N) is 1. The van der Waals surface area contributed by atoms with Gasteiger partial charge in [-0.2, -0.15) is 0 Å². The second kappa shape index (κ2) is 4.15. The van der Waals surface area contributed by atoms with Crippen molar-refractivity contribution < 1.29 is 10.0 Å². The number of aliphatic hydroxyl groups is 1. The van der Waals surface area contributed by atoms with Crippen LogP contribution in [0.5, 0.6) is 0 Å². The number of nitrogens with one attached hydrogen (secondary N) is 1. The van der Waals surface area contributed by atoms with Crippen LogP contribution in [0.2, 0.25) is 0 Å². The van der Waals surface area contributed by atoms with Crippen LogP contribution >= 0.6 is 24.4 Å². The van der Waals surface area contributed by atoms with Gasteiger partial charge in [-0.1, -0.05) is 11.8 Å². The zero-order valence-electron chi connectivity index (χ0n) is 8.21. The summed E-state index contributed by atoms with van der Waals surface area (Å²) >= 11 is 5.80. The van der Waals surface area contributed by atoms with E-state index in [0.29, 0.717) is 6.42 Å². The number of anilines is 1. The number of thiol groups is 1. The lowest BCUT2D eigenvalue weighted by Gasteiger charge is -2.21. The fourth-order valence-electron chi connectivity index (χ4n) is 1.50. The average Bonchev–Trinajstić information content (AvgIpc) is 2.52. The zero-order valence-corrected chi connectivity index (χ0v) is 9.92. The summed E-state index contributed by atoms with van der Waals surface area (Å²) < 4.78 is -0.577. The van der Waals surface area contributed by atoms with Crippen molar-refractivity contribution in [3.63, 3.8) is 0 Å². The monoisotopic (exact) mass is 258 g/mol. The maximum Gasteiger partial charge on any atom is 0.270 e. The standard InChI is InChI=1S/C9H10N2O3S2/c12-4-3-9(15)10-7-2-1-6(11(13)14)5-8(7)16-9/h1-2,5,10,12,15H,3-4H2. The van der Waals surface area contributed by atoms with E-state index in [1.807, 2.05) is 0 Å². The molecule has 2 rings (SSSR count). The van der Waals surface area contributed by atoms with Gasteiger partial charge in [-0.3, -0.25) is 10.1 Å². The largest absolute Gasteiger partial charge is 0.396 e. The quantitative estimate of drug-likeness (QED) is 0.439. The van der Waals surface area contributed by atoms with Crippen LogP contribution in [0.25, 0.3) is 0 Å². The van der Waals surface area contributed by atoms with E-state index >= 15 is 0 Å². The molecule has 1 aliphatic rings. The number of fused-ring (bicyclic) bond motifs is 1. The molecule has 0 fully saturated rings. The van der Waals surface area contributed by atoms with E-state index in [1.165, 1.54) is 23.9 Å². The highest BCUT2D eigenvalue weighted by atomic mass is 32.2. The highest BCUT2D eigenvalue weighted by molar-refractivity contribution is 8.12. The summed E-state index contributed by atoms with van der Waals surface area (Å²) in [5, 5.41) is 22.6. The van der Waals surface area contributed by atoms with E-state index in [1.54, 1.807) is 6.07 Å². The number of nitro benzene ring substituents is 1. The molecule has 1 aromatic carbocycles. The predicted octanol–water partition coefficient (Wildman–Crippen LogP) is 2.08. The molecule has 1 aliphatic heterocycles. The highest BCUT2D eigenvalue weighted by Gasteiger charge is 2.34. The summed E-state index contributed by atoms with van der Waals surface area (Å²) in [6.07, 6.45) is 0.462. The van der Waals surface area contributed by atoms with Crippen molar-refractivity contribution in [2.45, 2.75) is 15.5 Å². The first-order chi connectivity index (χ1) is 7.54. The Morgan fingerprint density at radius 3 is 3.00 bits per heavy atom. The topological polar surface area (TPSA) is 75.4 Å². The van der Waals surface area contributed by atoms with Crippen LogP contribution in [-0.2, 0) is 0 Å². The molecular formula is C9H10N2O3S2. The third kappa shape index (κ3) is 2.11. The number of nitro groups is 1. The van der Waals surface area contributed by atoms with Crippen LogP contribution in [0.15, 0.2) is 23.1 Å². The lowest BCUT2D eigenvalue weighted by Crippen LogP contribution is -2.24. The predicted molar refractivity (Wildman–Crippen MR) is 66.0 cm³/mol. The molecule has 1 aromatic rings. The molecule has 1 atom stereocenters. The molecule has 7 heteroatoms. The number of thioether (sulfide) groups is 1. The molecule has 0 aliphatic carbocycles. The Morgan fingerprint density at radius 1 is 1.62 bits per heavy atom.